The molecule has 0 unspecified atom stereocenters. The molecule has 1 aromatic carbocycles. The van der Waals surface area contributed by atoms with Crippen LogP contribution in [0.2, 0.25) is 0 Å². The number of methoxy groups -OCH3 is 1. The van der Waals surface area contributed by atoms with Gasteiger partial charge in [0.2, 0.25) is 0 Å². The van der Waals surface area contributed by atoms with Gasteiger partial charge in [0.15, 0.2) is 11.5 Å². The zero-order valence-electron chi connectivity index (χ0n) is 13.5. The van der Waals surface area contributed by atoms with E-state index in [1.54, 1.807) is 25.3 Å². The van der Waals surface area contributed by atoms with E-state index in [0.29, 0.717) is 36.1 Å². The van der Waals surface area contributed by atoms with Crippen molar-refractivity contribution in [3.8, 4) is 17.6 Å². The summed E-state index contributed by atoms with van der Waals surface area (Å²) in [5.41, 5.74) is 0.767. The lowest BCUT2D eigenvalue weighted by Gasteiger charge is -2.10. The standard InChI is InChI=1S/C17H22N2O3/c1-5-22-15-7-6-13(9-16(15)21-4)8-14(10-18)17(20)19-11-12(2)3/h6-9,12H,5,11H2,1-4H3,(H,19,20)/b14-8+. The van der Waals surface area contributed by atoms with E-state index in [1.165, 1.54) is 6.08 Å². The minimum atomic E-state index is -0.371. The first-order valence-electron chi connectivity index (χ1n) is 7.22. The number of carbonyl (C=O) groups excluding carboxylic acids is 1. The Labute approximate surface area is 131 Å². The van der Waals surface area contributed by atoms with Crippen molar-refractivity contribution in [3.05, 3.63) is 29.3 Å². The Kier molecular flexibility index (Phi) is 6.97. The number of ether oxygens (including phenoxy) is 2. The van der Waals surface area contributed by atoms with Gasteiger partial charge in [-0.25, -0.2) is 0 Å². The summed E-state index contributed by atoms with van der Waals surface area (Å²) in [6, 6.07) is 7.20. The quantitative estimate of drug-likeness (QED) is 0.621. The third-order valence-corrected chi connectivity index (χ3v) is 2.83. The average molecular weight is 302 g/mol. The van der Waals surface area contributed by atoms with Crippen LogP contribution >= 0.6 is 0 Å². The van der Waals surface area contributed by atoms with E-state index < -0.39 is 0 Å². The van der Waals surface area contributed by atoms with Crippen LogP contribution in [0.1, 0.15) is 26.3 Å². The van der Waals surface area contributed by atoms with Gasteiger partial charge in [-0.05, 0) is 36.6 Å². The Morgan fingerprint density at radius 2 is 2.14 bits per heavy atom. The van der Waals surface area contributed by atoms with Gasteiger partial charge < -0.3 is 14.8 Å². The molecule has 0 aliphatic carbocycles. The Morgan fingerprint density at radius 1 is 1.41 bits per heavy atom. The van der Waals surface area contributed by atoms with Crippen molar-refractivity contribution in [1.29, 1.82) is 5.26 Å². The molecule has 0 bridgehead atoms. The SMILES string of the molecule is CCOc1ccc(/C=C(\C#N)C(=O)NCC(C)C)cc1OC. The van der Waals surface area contributed by atoms with Crippen molar-refractivity contribution >= 4 is 12.0 Å². The summed E-state index contributed by atoms with van der Waals surface area (Å²) in [7, 11) is 1.55. The van der Waals surface area contributed by atoms with Gasteiger partial charge in [0, 0.05) is 6.54 Å². The topological polar surface area (TPSA) is 71.3 Å². The number of benzene rings is 1. The highest BCUT2D eigenvalue weighted by atomic mass is 16.5. The molecule has 5 heteroatoms. The number of hydrogen-bond acceptors (Lipinski definition) is 4. The maximum atomic E-state index is 11.9. The van der Waals surface area contributed by atoms with Crippen molar-refractivity contribution in [3.63, 3.8) is 0 Å². The minimum absolute atomic E-state index is 0.0619. The number of nitriles is 1. The first-order chi connectivity index (χ1) is 10.5. The predicted molar refractivity (Wildman–Crippen MR) is 85.6 cm³/mol. The number of carbonyl (C=O) groups is 1. The lowest BCUT2D eigenvalue weighted by Crippen LogP contribution is -2.28. The number of amides is 1. The van der Waals surface area contributed by atoms with Gasteiger partial charge in [-0.15, -0.1) is 0 Å². The minimum Gasteiger partial charge on any atom is -0.493 e. The molecule has 1 amide bonds. The normalized spacial score (nSPS) is 11.0. The van der Waals surface area contributed by atoms with Crippen LogP contribution in [0.4, 0.5) is 0 Å². The monoisotopic (exact) mass is 302 g/mol. The molecule has 0 saturated heterocycles. The molecule has 0 heterocycles. The molecule has 0 spiro atoms. The van der Waals surface area contributed by atoms with Crippen LogP contribution in [0.15, 0.2) is 23.8 Å². The molecule has 0 fully saturated rings. The zero-order valence-corrected chi connectivity index (χ0v) is 13.5. The predicted octanol–water partition coefficient (Wildman–Crippen LogP) is 2.77. The second-order valence-corrected chi connectivity index (χ2v) is 5.12. The largest absolute Gasteiger partial charge is 0.493 e. The van der Waals surface area contributed by atoms with E-state index in [4.69, 9.17) is 14.7 Å². The van der Waals surface area contributed by atoms with Gasteiger partial charge >= 0.3 is 0 Å². The molecule has 1 rings (SSSR count). The van der Waals surface area contributed by atoms with E-state index in [-0.39, 0.29) is 11.5 Å². The zero-order chi connectivity index (χ0) is 16.5. The maximum Gasteiger partial charge on any atom is 0.261 e. The van der Waals surface area contributed by atoms with Gasteiger partial charge in [0.05, 0.1) is 13.7 Å². The van der Waals surface area contributed by atoms with Gasteiger partial charge in [-0.1, -0.05) is 19.9 Å². The summed E-state index contributed by atoms with van der Waals surface area (Å²) in [6.45, 7) is 6.94. The van der Waals surface area contributed by atoms with Crippen molar-refractivity contribution in [2.45, 2.75) is 20.8 Å². The highest BCUT2D eigenvalue weighted by Crippen LogP contribution is 2.28. The van der Waals surface area contributed by atoms with Crippen molar-refractivity contribution < 1.29 is 14.3 Å². The summed E-state index contributed by atoms with van der Waals surface area (Å²) in [6.07, 6.45) is 1.54. The molecular formula is C17H22N2O3. The molecule has 0 saturated carbocycles. The number of rotatable bonds is 7. The third kappa shape index (κ3) is 5.13. The van der Waals surface area contributed by atoms with Crippen LogP contribution in [0, 0.1) is 17.2 Å². The van der Waals surface area contributed by atoms with Crippen LogP contribution in [-0.2, 0) is 4.79 Å². The van der Waals surface area contributed by atoms with E-state index in [2.05, 4.69) is 5.32 Å². The molecule has 1 N–H and O–H groups in total. The second kappa shape index (κ2) is 8.73. The van der Waals surface area contributed by atoms with E-state index in [9.17, 15) is 4.79 Å². The van der Waals surface area contributed by atoms with E-state index in [1.807, 2.05) is 26.8 Å². The summed E-state index contributed by atoms with van der Waals surface area (Å²) < 4.78 is 10.7. The first kappa shape index (κ1) is 17.6. The van der Waals surface area contributed by atoms with Crippen molar-refractivity contribution in [2.24, 2.45) is 5.92 Å². The summed E-state index contributed by atoms with van der Waals surface area (Å²) in [4.78, 5) is 11.9. The highest BCUT2D eigenvalue weighted by molar-refractivity contribution is 6.01. The molecule has 0 aliphatic heterocycles. The Hall–Kier alpha value is -2.48. The smallest absolute Gasteiger partial charge is 0.261 e. The molecule has 0 aromatic heterocycles. The Balaban J connectivity index is 2.98. The fourth-order valence-electron chi connectivity index (χ4n) is 1.76. The van der Waals surface area contributed by atoms with Gasteiger partial charge in [0.25, 0.3) is 5.91 Å². The van der Waals surface area contributed by atoms with Crippen LogP contribution in [-0.4, -0.2) is 26.2 Å². The Morgan fingerprint density at radius 3 is 2.68 bits per heavy atom. The Bertz CT molecular complexity index is 586. The summed E-state index contributed by atoms with van der Waals surface area (Å²) in [5, 5.41) is 11.9. The summed E-state index contributed by atoms with van der Waals surface area (Å²) >= 11 is 0. The molecule has 0 atom stereocenters. The molecule has 0 aliphatic rings. The van der Waals surface area contributed by atoms with Gasteiger partial charge in [-0.2, -0.15) is 5.26 Å². The van der Waals surface area contributed by atoms with E-state index >= 15 is 0 Å². The van der Waals surface area contributed by atoms with Crippen molar-refractivity contribution in [2.75, 3.05) is 20.3 Å². The van der Waals surface area contributed by atoms with Gasteiger partial charge in [0.1, 0.15) is 11.6 Å². The fourth-order valence-corrected chi connectivity index (χ4v) is 1.76. The molecule has 5 nitrogen and oxygen atoms in total. The fraction of sp³-hybridized carbons (Fsp3) is 0.412. The molecular weight excluding hydrogens is 280 g/mol. The van der Waals surface area contributed by atoms with E-state index in [0.717, 1.165) is 0 Å². The lowest BCUT2D eigenvalue weighted by molar-refractivity contribution is -0.117. The van der Waals surface area contributed by atoms with Gasteiger partial charge in [-0.3, -0.25) is 4.79 Å². The summed E-state index contributed by atoms with van der Waals surface area (Å²) in [5.74, 6) is 1.15. The number of nitrogens with one attached hydrogen (secondary N) is 1. The van der Waals surface area contributed by atoms with Crippen LogP contribution in [0.25, 0.3) is 6.08 Å². The lowest BCUT2D eigenvalue weighted by atomic mass is 10.1. The highest BCUT2D eigenvalue weighted by Gasteiger charge is 2.10. The number of nitrogens with zero attached hydrogens (tertiary/aromatic N) is 1. The average Bonchev–Trinajstić information content (AvgIpc) is 2.51. The molecule has 0 radical (unpaired) electrons. The third-order valence-electron chi connectivity index (χ3n) is 2.83. The number of hydrogen-bond donors (Lipinski definition) is 1. The van der Waals surface area contributed by atoms with Crippen LogP contribution in [0.5, 0.6) is 11.5 Å². The van der Waals surface area contributed by atoms with Crippen LogP contribution < -0.4 is 14.8 Å². The molecule has 118 valence electrons. The van der Waals surface area contributed by atoms with Crippen LogP contribution in [0.3, 0.4) is 0 Å². The second-order valence-electron chi connectivity index (χ2n) is 5.12. The molecule has 22 heavy (non-hydrogen) atoms. The van der Waals surface area contributed by atoms with Crippen molar-refractivity contribution in [1.82, 2.24) is 5.32 Å². The molecule has 1 aromatic rings. The maximum absolute atomic E-state index is 11.9. The first-order valence-corrected chi connectivity index (χ1v) is 7.22.